The molecule has 0 unspecified atom stereocenters. The third kappa shape index (κ3) is 2.76. The SMILES string of the molecule is c1cc(CN[C@@H]2CCSC2)cc(-n2cccn2)c1. The summed E-state index contributed by atoms with van der Waals surface area (Å²) in [5.41, 5.74) is 2.44. The van der Waals surface area contributed by atoms with Crippen molar-refractivity contribution in [3.63, 3.8) is 0 Å². The first-order valence-electron chi connectivity index (χ1n) is 6.32. The van der Waals surface area contributed by atoms with Gasteiger partial charge in [0.25, 0.3) is 0 Å². The summed E-state index contributed by atoms with van der Waals surface area (Å²) in [6, 6.07) is 11.2. The number of hydrogen-bond donors (Lipinski definition) is 1. The number of nitrogens with zero attached hydrogens (tertiary/aromatic N) is 2. The van der Waals surface area contributed by atoms with Crippen molar-refractivity contribution >= 4 is 11.8 Å². The lowest BCUT2D eigenvalue weighted by Crippen LogP contribution is -2.27. The van der Waals surface area contributed by atoms with E-state index in [1.54, 1.807) is 6.20 Å². The van der Waals surface area contributed by atoms with Crippen LogP contribution in [0.15, 0.2) is 42.7 Å². The fourth-order valence-corrected chi connectivity index (χ4v) is 3.38. The van der Waals surface area contributed by atoms with Crippen molar-refractivity contribution in [3.8, 4) is 5.69 Å². The van der Waals surface area contributed by atoms with Gasteiger partial charge in [-0.05, 0) is 35.9 Å². The quantitative estimate of drug-likeness (QED) is 0.915. The lowest BCUT2D eigenvalue weighted by Gasteiger charge is -2.11. The van der Waals surface area contributed by atoms with Gasteiger partial charge < -0.3 is 5.32 Å². The van der Waals surface area contributed by atoms with E-state index >= 15 is 0 Å². The Balaban J connectivity index is 1.67. The van der Waals surface area contributed by atoms with E-state index in [4.69, 9.17) is 0 Å². The maximum absolute atomic E-state index is 4.26. The molecule has 94 valence electrons. The fourth-order valence-electron chi connectivity index (χ4n) is 2.19. The van der Waals surface area contributed by atoms with Gasteiger partial charge in [0.2, 0.25) is 0 Å². The molecule has 0 radical (unpaired) electrons. The van der Waals surface area contributed by atoms with Gasteiger partial charge in [-0.1, -0.05) is 12.1 Å². The van der Waals surface area contributed by atoms with Crippen LogP contribution >= 0.6 is 11.8 Å². The number of nitrogens with one attached hydrogen (secondary N) is 1. The average molecular weight is 259 g/mol. The van der Waals surface area contributed by atoms with Crippen LogP contribution in [0, 0.1) is 0 Å². The summed E-state index contributed by atoms with van der Waals surface area (Å²) >= 11 is 2.04. The molecular weight excluding hydrogens is 242 g/mol. The molecule has 3 rings (SSSR count). The molecule has 1 atom stereocenters. The normalized spacial score (nSPS) is 19.2. The molecule has 2 aromatic rings. The van der Waals surface area contributed by atoms with Crippen molar-refractivity contribution in [1.82, 2.24) is 15.1 Å². The summed E-state index contributed by atoms with van der Waals surface area (Å²) in [6.45, 7) is 0.945. The molecule has 4 heteroatoms. The zero-order valence-electron chi connectivity index (χ0n) is 10.2. The lowest BCUT2D eigenvalue weighted by atomic mass is 10.2. The van der Waals surface area contributed by atoms with Gasteiger partial charge in [0.05, 0.1) is 5.69 Å². The van der Waals surface area contributed by atoms with E-state index in [-0.39, 0.29) is 0 Å². The summed E-state index contributed by atoms with van der Waals surface area (Å²) in [4.78, 5) is 0. The summed E-state index contributed by atoms with van der Waals surface area (Å²) in [7, 11) is 0. The minimum Gasteiger partial charge on any atom is -0.309 e. The van der Waals surface area contributed by atoms with Crippen molar-refractivity contribution in [2.75, 3.05) is 11.5 Å². The first kappa shape index (κ1) is 11.8. The first-order valence-corrected chi connectivity index (χ1v) is 7.47. The van der Waals surface area contributed by atoms with E-state index < -0.39 is 0 Å². The van der Waals surface area contributed by atoms with Gasteiger partial charge in [-0.3, -0.25) is 0 Å². The first-order chi connectivity index (χ1) is 8.92. The van der Waals surface area contributed by atoms with Gasteiger partial charge in [-0.15, -0.1) is 0 Å². The van der Waals surface area contributed by atoms with Crippen molar-refractivity contribution < 1.29 is 0 Å². The zero-order valence-corrected chi connectivity index (χ0v) is 11.1. The zero-order chi connectivity index (χ0) is 12.2. The monoisotopic (exact) mass is 259 g/mol. The van der Waals surface area contributed by atoms with Crippen LogP contribution in [-0.4, -0.2) is 27.3 Å². The Morgan fingerprint density at radius 1 is 1.39 bits per heavy atom. The summed E-state index contributed by atoms with van der Waals surface area (Å²) < 4.78 is 1.90. The van der Waals surface area contributed by atoms with Gasteiger partial charge in [-0.2, -0.15) is 16.9 Å². The number of thioether (sulfide) groups is 1. The maximum Gasteiger partial charge on any atom is 0.0648 e. The van der Waals surface area contributed by atoms with Crippen LogP contribution in [0.3, 0.4) is 0 Å². The van der Waals surface area contributed by atoms with Crippen LogP contribution in [0.5, 0.6) is 0 Å². The molecule has 1 aliphatic heterocycles. The Morgan fingerprint density at radius 3 is 3.17 bits per heavy atom. The largest absolute Gasteiger partial charge is 0.309 e. The highest BCUT2D eigenvalue weighted by atomic mass is 32.2. The fraction of sp³-hybridized carbons (Fsp3) is 0.357. The smallest absolute Gasteiger partial charge is 0.0648 e. The topological polar surface area (TPSA) is 29.9 Å². The molecule has 1 fully saturated rings. The standard InChI is InChI=1S/C14H17N3S/c1-3-12(10-15-13-5-8-18-11-13)9-14(4-1)17-7-2-6-16-17/h1-4,6-7,9,13,15H,5,8,10-11H2/t13-/m1/s1. The second-order valence-corrected chi connectivity index (χ2v) is 5.71. The van der Waals surface area contributed by atoms with E-state index in [0.29, 0.717) is 6.04 Å². The molecule has 0 spiro atoms. The molecule has 0 amide bonds. The van der Waals surface area contributed by atoms with Crippen LogP contribution in [0.1, 0.15) is 12.0 Å². The molecular formula is C14H17N3S. The van der Waals surface area contributed by atoms with Crippen LogP contribution in [0.2, 0.25) is 0 Å². The molecule has 3 nitrogen and oxygen atoms in total. The third-order valence-corrected chi connectivity index (χ3v) is 4.37. The minimum atomic E-state index is 0.684. The summed E-state index contributed by atoms with van der Waals surface area (Å²) in [5, 5.41) is 7.88. The van der Waals surface area contributed by atoms with Crippen molar-refractivity contribution in [2.45, 2.75) is 19.0 Å². The van der Waals surface area contributed by atoms with Crippen LogP contribution in [0.25, 0.3) is 5.69 Å². The Hall–Kier alpha value is -1.26. The molecule has 1 aromatic heterocycles. The molecule has 1 saturated heterocycles. The van der Waals surface area contributed by atoms with E-state index in [0.717, 1.165) is 12.2 Å². The molecule has 0 aliphatic carbocycles. The van der Waals surface area contributed by atoms with Gasteiger partial charge >= 0.3 is 0 Å². The van der Waals surface area contributed by atoms with Crippen molar-refractivity contribution in [1.29, 1.82) is 0 Å². The Morgan fingerprint density at radius 2 is 2.39 bits per heavy atom. The Bertz CT molecular complexity index is 490. The van der Waals surface area contributed by atoms with Crippen LogP contribution in [0.4, 0.5) is 0 Å². The van der Waals surface area contributed by atoms with E-state index in [1.807, 2.05) is 28.7 Å². The second-order valence-electron chi connectivity index (χ2n) is 4.56. The van der Waals surface area contributed by atoms with E-state index in [2.05, 4.69) is 34.7 Å². The van der Waals surface area contributed by atoms with Crippen molar-refractivity contribution in [2.24, 2.45) is 0 Å². The van der Waals surface area contributed by atoms with Crippen LogP contribution in [-0.2, 0) is 6.54 Å². The predicted octanol–water partition coefficient (Wildman–Crippen LogP) is 2.47. The second kappa shape index (κ2) is 5.59. The number of benzene rings is 1. The lowest BCUT2D eigenvalue weighted by molar-refractivity contribution is 0.558. The Kier molecular flexibility index (Phi) is 3.67. The molecule has 18 heavy (non-hydrogen) atoms. The molecule has 0 saturated carbocycles. The van der Waals surface area contributed by atoms with Gasteiger partial charge in [0.15, 0.2) is 0 Å². The predicted molar refractivity (Wildman–Crippen MR) is 76.1 cm³/mol. The van der Waals surface area contributed by atoms with E-state index in [9.17, 15) is 0 Å². The molecule has 1 aromatic carbocycles. The Labute approximate surface area is 112 Å². The summed E-state index contributed by atoms with van der Waals surface area (Å²) in [6.07, 6.45) is 5.07. The highest BCUT2D eigenvalue weighted by molar-refractivity contribution is 7.99. The number of rotatable bonds is 4. The number of aromatic nitrogens is 2. The molecule has 2 heterocycles. The number of hydrogen-bond acceptors (Lipinski definition) is 3. The summed E-state index contributed by atoms with van der Waals surface area (Å²) in [5.74, 6) is 2.55. The van der Waals surface area contributed by atoms with Gasteiger partial charge in [-0.25, -0.2) is 4.68 Å². The molecule has 1 aliphatic rings. The van der Waals surface area contributed by atoms with Gasteiger partial charge in [0, 0.05) is 30.7 Å². The van der Waals surface area contributed by atoms with Crippen LogP contribution < -0.4 is 5.32 Å². The van der Waals surface area contributed by atoms with Gasteiger partial charge in [0.1, 0.15) is 0 Å². The third-order valence-electron chi connectivity index (χ3n) is 3.20. The highest BCUT2D eigenvalue weighted by Crippen LogP contribution is 2.17. The van der Waals surface area contributed by atoms with Crippen molar-refractivity contribution in [3.05, 3.63) is 48.3 Å². The maximum atomic E-state index is 4.26. The molecule has 1 N–H and O–H groups in total. The highest BCUT2D eigenvalue weighted by Gasteiger charge is 2.14. The van der Waals surface area contributed by atoms with E-state index in [1.165, 1.54) is 23.5 Å². The molecule has 0 bridgehead atoms. The average Bonchev–Trinajstić information content (AvgIpc) is 3.10. The minimum absolute atomic E-state index is 0.684.